The maximum Gasteiger partial charge on any atom is 0.399 e. The molecular weight excluding hydrogens is 557 g/mol. The molecule has 1 unspecified atom stereocenters. The first-order valence-corrected chi connectivity index (χ1v) is 11.6. The van der Waals surface area contributed by atoms with Crippen LogP contribution in [0.5, 0.6) is 0 Å². The zero-order valence-electron chi connectivity index (χ0n) is 17.6. The topological polar surface area (TPSA) is 0 Å². The second-order valence-electron chi connectivity index (χ2n) is 7.51. The zero-order valence-corrected chi connectivity index (χ0v) is 19.9. The largest absolute Gasteiger partial charge is 0.399 e. The van der Waals surface area contributed by atoms with Crippen molar-refractivity contribution in [1.29, 1.82) is 0 Å². The number of rotatable bonds is 8. The van der Waals surface area contributed by atoms with Crippen molar-refractivity contribution in [3.05, 3.63) is 74.5 Å². The first-order valence-electron chi connectivity index (χ1n) is 9.64. The van der Waals surface area contributed by atoms with Gasteiger partial charge in [0.05, 0.1) is 15.8 Å². The molecule has 0 N–H and O–H groups in total. The van der Waals surface area contributed by atoms with E-state index in [9.17, 15) is 43.9 Å². The molecule has 0 heterocycles. The van der Waals surface area contributed by atoms with Crippen LogP contribution in [-0.2, 0) is 12.3 Å². The van der Waals surface area contributed by atoms with Gasteiger partial charge in [-0.05, 0) is 47.6 Å². The second-order valence-corrected chi connectivity index (χ2v) is 9.43. The number of thioether (sulfide) groups is 1. The van der Waals surface area contributed by atoms with Gasteiger partial charge in [0.2, 0.25) is 0 Å². The van der Waals surface area contributed by atoms with Gasteiger partial charge >= 0.3 is 12.4 Å². The van der Waals surface area contributed by atoms with Crippen LogP contribution in [0.3, 0.4) is 0 Å². The molecule has 35 heavy (non-hydrogen) atoms. The van der Waals surface area contributed by atoms with E-state index in [-0.39, 0.29) is 23.8 Å². The molecule has 0 aliphatic heterocycles. The number of halogens is 12. The van der Waals surface area contributed by atoms with Crippen LogP contribution in [-0.4, -0.2) is 23.9 Å². The average Bonchev–Trinajstić information content (AvgIpc) is 2.70. The van der Waals surface area contributed by atoms with Crippen LogP contribution < -0.4 is 0 Å². The maximum atomic E-state index is 14.9. The lowest BCUT2D eigenvalue weighted by Gasteiger charge is -2.20. The van der Waals surface area contributed by atoms with Crippen LogP contribution >= 0.6 is 35.0 Å². The summed E-state index contributed by atoms with van der Waals surface area (Å²) in [6.07, 6.45) is -9.60. The normalized spacial score (nSPS) is 14.4. The predicted octanol–water partition coefficient (Wildman–Crippen LogP) is 9.74. The Bertz CT molecular complexity index is 1050. The minimum Gasteiger partial charge on any atom is -0.207 e. The molecule has 2 aromatic rings. The highest BCUT2D eigenvalue weighted by Gasteiger charge is 2.40. The Kier molecular flexibility index (Phi) is 9.49. The highest BCUT2D eigenvalue weighted by atomic mass is 35.5. The van der Waals surface area contributed by atoms with E-state index >= 15 is 0 Å². The Hall–Kier alpha value is -1.59. The molecular formula is C22H16Cl2F10S. The lowest BCUT2D eigenvalue weighted by atomic mass is 9.94. The summed E-state index contributed by atoms with van der Waals surface area (Å²) in [5.74, 6) is -10.2. The number of aryl methyl sites for hydroxylation is 1. The van der Waals surface area contributed by atoms with E-state index in [1.54, 1.807) is 0 Å². The van der Waals surface area contributed by atoms with E-state index in [4.69, 9.17) is 23.2 Å². The van der Waals surface area contributed by atoms with Crippen LogP contribution in [0.2, 0.25) is 10.0 Å². The molecule has 0 bridgehead atoms. The van der Waals surface area contributed by atoms with E-state index in [1.165, 1.54) is 0 Å². The Labute approximate surface area is 208 Å². The summed E-state index contributed by atoms with van der Waals surface area (Å²) < 4.78 is 134. The van der Waals surface area contributed by atoms with E-state index < -0.39 is 68.3 Å². The molecule has 13 heteroatoms. The molecule has 0 fully saturated rings. The molecule has 2 aromatic carbocycles. The SMILES string of the molecule is CC(F)(F)c1cc(/C(F)=C/C(c2cc(Cl)c(F)c(Cl)c2)C(F)(F)F)ccc1CCSCC(F)(F)F. The van der Waals surface area contributed by atoms with Gasteiger partial charge < -0.3 is 0 Å². The van der Waals surface area contributed by atoms with Crippen molar-refractivity contribution in [3.8, 4) is 0 Å². The summed E-state index contributed by atoms with van der Waals surface area (Å²) in [7, 11) is 0. The first-order chi connectivity index (χ1) is 15.9. The molecule has 194 valence electrons. The smallest absolute Gasteiger partial charge is 0.207 e. The number of hydrogen-bond acceptors (Lipinski definition) is 1. The maximum absolute atomic E-state index is 14.9. The van der Waals surface area contributed by atoms with Crippen molar-refractivity contribution in [2.45, 2.75) is 37.5 Å². The van der Waals surface area contributed by atoms with Crippen molar-refractivity contribution in [1.82, 2.24) is 0 Å². The van der Waals surface area contributed by atoms with Gasteiger partial charge in [-0.15, -0.1) is 0 Å². The van der Waals surface area contributed by atoms with Crippen LogP contribution in [0.1, 0.15) is 35.1 Å². The minimum atomic E-state index is -5.07. The molecule has 0 radical (unpaired) electrons. The highest BCUT2D eigenvalue weighted by molar-refractivity contribution is 7.99. The Morgan fingerprint density at radius 1 is 0.971 bits per heavy atom. The van der Waals surface area contributed by atoms with E-state index in [1.807, 2.05) is 0 Å². The fourth-order valence-corrected chi connectivity index (χ4v) is 4.34. The molecule has 0 nitrogen and oxygen atoms in total. The van der Waals surface area contributed by atoms with Crippen molar-refractivity contribution >= 4 is 40.8 Å². The molecule has 2 rings (SSSR count). The van der Waals surface area contributed by atoms with Gasteiger partial charge in [-0.25, -0.2) is 17.6 Å². The first kappa shape index (κ1) is 29.6. The van der Waals surface area contributed by atoms with Gasteiger partial charge in [-0.3, -0.25) is 0 Å². The molecule has 0 aromatic heterocycles. The lowest BCUT2D eigenvalue weighted by Crippen LogP contribution is -2.19. The van der Waals surface area contributed by atoms with E-state index in [0.717, 1.165) is 12.1 Å². The third-order valence-electron chi connectivity index (χ3n) is 4.67. The summed E-state index contributed by atoms with van der Waals surface area (Å²) in [6, 6.07) is 3.87. The van der Waals surface area contributed by atoms with Crippen molar-refractivity contribution in [2.24, 2.45) is 0 Å². The van der Waals surface area contributed by atoms with Gasteiger partial charge in [0.1, 0.15) is 11.7 Å². The van der Waals surface area contributed by atoms with Crippen LogP contribution in [0.4, 0.5) is 43.9 Å². The summed E-state index contributed by atoms with van der Waals surface area (Å²) in [4.78, 5) is 0. The fraction of sp³-hybridized carbons (Fsp3) is 0.364. The summed E-state index contributed by atoms with van der Waals surface area (Å²) in [6.45, 7) is 0.473. The number of allylic oxidation sites excluding steroid dienone is 1. The van der Waals surface area contributed by atoms with E-state index in [2.05, 4.69) is 0 Å². The third kappa shape index (κ3) is 8.49. The fourth-order valence-electron chi connectivity index (χ4n) is 3.10. The molecule has 0 saturated heterocycles. The van der Waals surface area contributed by atoms with Crippen molar-refractivity contribution in [2.75, 3.05) is 11.5 Å². The number of hydrogen-bond donors (Lipinski definition) is 0. The molecule has 0 aliphatic rings. The van der Waals surface area contributed by atoms with E-state index in [0.29, 0.717) is 36.9 Å². The molecule has 0 spiro atoms. The minimum absolute atomic E-state index is 0.0757. The van der Waals surface area contributed by atoms with Crippen LogP contribution in [0, 0.1) is 5.82 Å². The standard InChI is InChI=1S/C22H16Cl2F10S/c1-20(27,28)14-6-12(3-2-11(14)4-5-35-10-21(29,30)31)18(25)9-15(22(32,33)34)13-7-16(23)19(26)17(24)8-13/h2-3,6-9,15H,4-5,10H2,1H3/b18-9-. The van der Waals surface area contributed by atoms with Gasteiger partial charge in [0.25, 0.3) is 5.92 Å². The van der Waals surface area contributed by atoms with Gasteiger partial charge in [-0.1, -0.05) is 35.3 Å². The Balaban J connectivity index is 2.43. The van der Waals surface area contributed by atoms with Crippen molar-refractivity contribution < 1.29 is 43.9 Å². The Morgan fingerprint density at radius 2 is 1.54 bits per heavy atom. The van der Waals surface area contributed by atoms with Crippen LogP contribution in [0.15, 0.2) is 36.4 Å². The predicted molar refractivity (Wildman–Crippen MR) is 117 cm³/mol. The van der Waals surface area contributed by atoms with Gasteiger partial charge in [0.15, 0.2) is 5.82 Å². The molecule has 1 atom stereocenters. The highest BCUT2D eigenvalue weighted by Crippen LogP contribution is 2.41. The van der Waals surface area contributed by atoms with Crippen molar-refractivity contribution in [3.63, 3.8) is 0 Å². The average molecular weight is 573 g/mol. The monoisotopic (exact) mass is 572 g/mol. The van der Waals surface area contributed by atoms with Crippen LogP contribution in [0.25, 0.3) is 5.83 Å². The quantitative estimate of drug-likeness (QED) is 0.172. The molecule has 0 saturated carbocycles. The molecule has 0 amide bonds. The lowest BCUT2D eigenvalue weighted by molar-refractivity contribution is -0.139. The summed E-state index contributed by atoms with van der Waals surface area (Å²) >= 11 is 11.6. The number of alkyl halides is 8. The Morgan fingerprint density at radius 3 is 2.03 bits per heavy atom. The van der Waals surface area contributed by atoms with Gasteiger partial charge in [0, 0.05) is 18.1 Å². The zero-order chi connectivity index (χ0) is 26.8. The number of benzene rings is 2. The summed E-state index contributed by atoms with van der Waals surface area (Å²) in [5.41, 5.74) is -2.10. The second kappa shape index (κ2) is 11.2. The summed E-state index contributed by atoms with van der Waals surface area (Å²) in [5, 5.41) is -1.45. The van der Waals surface area contributed by atoms with Gasteiger partial charge in [-0.2, -0.15) is 38.1 Å². The third-order valence-corrected chi connectivity index (χ3v) is 6.25. The molecule has 0 aliphatic carbocycles.